The highest BCUT2D eigenvalue weighted by Crippen LogP contribution is 2.27. The van der Waals surface area contributed by atoms with E-state index < -0.39 is 6.17 Å². The summed E-state index contributed by atoms with van der Waals surface area (Å²) < 4.78 is 12.9. The lowest BCUT2D eigenvalue weighted by Crippen LogP contribution is -2.23. The van der Waals surface area contributed by atoms with Gasteiger partial charge in [0.05, 0.1) is 6.07 Å². The maximum atomic E-state index is 12.9. The van der Waals surface area contributed by atoms with Gasteiger partial charge < -0.3 is 0 Å². The summed E-state index contributed by atoms with van der Waals surface area (Å²) in [6, 6.07) is 2.01. The summed E-state index contributed by atoms with van der Waals surface area (Å²) in [6.45, 7) is 0. The molecule has 1 saturated heterocycles. The molecule has 3 heteroatoms. The van der Waals surface area contributed by atoms with Crippen LogP contribution in [-0.4, -0.2) is 17.7 Å². The van der Waals surface area contributed by atoms with Gasteiger partial charge in [-0.2, -0.15) is 17.0 Å². The highest BCUT2D eigenvalue weighted by Gasteiger charge is 2.24. The van der Waals surface area contributed by atoms with E-state index in [9.17, 15) is 4.39 Å². The molecule has 0 amide bonds. The highest BCUT2D eigenvalue weighted by atomic mass is 32.2. The third-order valence-corrected chi connectivity index (χ3v) is 2.92. The summed E-state index contributed by atoms with van der Waals surface area (Å²) in [4.78, 5) is 0. The Morgan fingerprint density at radius 3 is 3.10 bits per heavy atom. The molecular formula is C7H10FNS. The van der Waals surface area contributed by atoms with Crippen LogP contribution in [0.1, 0.15) is 12.8 Å². The average molecular weight is 159 g/mol. The minimum atomic E-state index is -0.721. The van der Waals surface area contributed by atoms with Crippen LogP contribution in [0.2, 0.25) is 0 Å². The van der Waals surface area contributed by atoms with Gasteiger partial charge in [0.2, 0.25) is 0 Å². The second-order valence-electron chi connectivity index (χ2n) is 2.50. The van der Waals surface area contributed by atoms with E-state index in [1.165, 1.54) is 0 Å². The van der Waals surface area contributed by atoms with E-state index >= 15 is 0 Å². The Balaban J connectivity index is 2.34. The smallest absolute Gasteiger partial charge is 0.105 e. The SMILES string of the molecule is N#CCC1CSCCC1F. The predicted molar refractivity (Wildman–Crippen MR) is 40.6 cm³/mol. The number of thioether (sulfide) groups is 1. The molecular weight excluding hydrogens is 149 g/mol. The van der Waals surface area contributed by atoms with Crippen LogP contribution in [0.15, 0.2) is 0 Å². The van der Waals surface area contributed by atoms with Gasteiger partial charge in [-0.05, 0) is 17.9 Å². The third-order valence-electron chi connectivity index (χ3n) is 1.73. The van der Waals surface area contributed by atoms with Crippen molar-refractivity contribution >= 4 is 11.8 Å². The van der Waals surface area contributed by atoms with E-state index in [0.717, 1.165) is 11.5 Å². The van der Waals surface area contributed by atoms with Crippen LogP contribution >= 0.6 is 11.8 Å². The standard InChI is InChI=1S/C7H10FNS/c8-7-2-4-10-5-6(7)1-3-9/h6-7H,1-2,4-5H2. The van der Waals surface area contributed by atoms with Crippen molar-refractivity contribution in [3.63, 3.8) is 0 Å². The van der Waals surface area contributed by atoms with Crippen LogP contribution in [0, 0.1) is 17.2 Å². The predicted octanol–water partition coefficient (Wildman–Crippen LogP) is 1.99. The summed E-state index contributed by atoms with van der Waals surface area (Å²) >= 11 is 1.76. The van der Waals surface area contributed by atoms with E-state index in [1.54, 1.807) is 11.8 Å². The first-order chi connectivity index (χ1) is 4.84. The van der Waals surface area contributed by atoms with Gasteiger partial charge in [-0.1, -0.05) is 0 Å². The van der Waals surface area contributed by atoms with Crippen LogP contribution in [0.3, 0.4) is 0 Å². The fourth-order valence-electron chi connectivity index (χ4n) is 1.07. The second-order valence-corrected chi connectivity index (χ2v) is 3.65. The third kappa shape index (κ3) is 1.88. The van der Waals surface area contributed by atoms with Crippen molar-refractivity contribution in [2.24, 2.45) is 5.92 Å². The number of rotatable bonds is 1. The number of nitrogens with zero attached hydrogens (tertiary/aromatic N) is 1. The highest BCUT2D eigenvalue weighted by molar-refractivity contribution is 7.99. The number of hydrogen-bond donors (Lipinski definition) is 0. The zero-order valence-electron chi connectivity index (χ0n) is 5.72. The maximum Gasteiger partial charge on any atom is 0.105 e. The fourth-order valence-corrected chi connectivity index (χ4v) is 2.26. The summed E-state index contributed by atoms with van der Waals surface area (Å²) in [5, 5.41) is 8.31. The first-order valence-electron chi connectivity index (χ1n) is 3.43. The van der Waals surface area contributed by atoms with Gasteiger partial charge in [-0.3, -0.25) is 0 Å². The van der Waals surface area contributed by atoms with Crippen molar-refractivity contribution in [1.29, 1.82) is 5.26 Å². The molecule has 0 aromatic rings. The lowest BCUT2D eigenvalue weighted by atomic mass is 10.0. The lowest BCUT2D eigenvalue weighted by molar-refractivity contribution is 0.236. The van der Waals surface area contributed by atoms with Crippen LogP contribution in [0.4, 0.5) is 4.39 Å². The van der Waals surface area contributed by atoms with Crippen molar-refractivity contribution in [2.45, 2.75) is 19.0 Å². The molecule has 2 unspecified atom stereocenters. The van der Waals surface area contributed by atoms with E-state index in [4.69, 9.17) is 5.26 Å². The Kier molecular flexibility index (Phi) is 3.01. The number of nitriles is 1. The minimum absolute atomic E-state index is 0.00347. The molecule has 0 N–H and O–H groups in total. The van der Waals surface area contributed by atoms with E-state index in [2.05, 4.69) is 0 Å². The summed E-state index contributed by atoms with van der Waals surface area (Å²) in [5.41, 5.74) is 0. The average Bonchev–Trinajstić information content (AvgIpc) is 1.94. The molecule has 0 spiro atoms. The molecule has 56 valence electrons. The Morgan fingerprint density at radius 2 is 2.50 bits per heavy atom. The molecule has 2 atom stereocenters. The van der Waals surface area contributed by atoms with Crippen molar-refractivity contribution in [1.82, 2.24) is 0 Å². The van der Waals surface area contributed by atoms with Gasteiger partial charge in [0.1, 0.15) is 6.17 Å². The van der Waals surface area contributed by atoms with Gasteiger partial charge in [0, 0.05) is 12.3 Å². The normalized spacial score (nSPS) is 33.2. The quantitative estimate of drug-likeness (QED) is 0.584. The Hall–Kier alpha value is -0.230. The van der Waals surface area contributed by atoms with Crippen LogP contribution in [-0.2, 0) is 0 Å². The van der Waals surface area contributed by atoms with Gasteiger partial charge in [-0.15, -0.1) is 0 Å². The van der Waals surface area contributed by atoms with Crippen molar-refractivity contribution in [3.8, 4) is 6.07 Å². The first kappa shape index (κ1) is 7.87. The summed E-state index contributed by atoms with van der Waals surface area (Å²) in [6.07, 6.45) is 0.298. The fraction of sp³-hybridized carbons (Fsp3) is 0.857. The molecule has 0 aromatic heterocycles. The van der Waals surface area contributed by atoms with Gasteiger partial charge in [-0.25, -0.2) is 4.39 Å². The zero-order chi connectivity index (χ0) is 7.40. The maximum absolute atomic E-state index is 12.9. The largest absolute Gasteiger partial charge is 0.247 e. The molecule has 0 aliphatic carbocycles. The molecule has 0 saturated carbocycles. The Morgan fingerprint density at radius 1 is 1.70 bits per heavy atom. The van der Waals surface area contributed by atoms with Gasteiger partial charge >= 0.3 is 0 Å². The Labute approximate surface area is 64.6 Å². The van der Waals surface area contributed by atoms with Crippen LogP contribution in [0.5, 0.6) is 0 Å². The van der Waals surface area contributed by atoms with Crippen molar-refractivity contribution in [3.05, 3.63) is 0 Å². The van der Waals surface area contributed by atoms with E-state index in [1.807, 2.05) is 6.07 Å². The van der Waals surface area contributed by atoms with E-state index in [-0.39, 0.29) is 5.92 Å². The molecule has 0 radical (unpaired) electrons. The molecule has 1 nitrogen and oxygen atoms in total. The molecule has 1 aliphatic rings. The Bertz CT molecular complexity index is 143. The van der Waals surface area contributed by atoms with E-state index in [0.29, 0.717) is 12.8 Å². The second kappa shape index (κ2) is 3.82. The van der Waals surface area contributed by atoms with Gasteiger partial charge in [0.15, 0.2) is 0 Å². The van der Waals surface area contributed by atoms with Crippen LogP contribution in [0.25, 0.3) is 0 Å². The minimum Gasteiger partial charge on any atom is -0.247 e. The number of halogens is 1. The monoisotopic (exact) mass is 159 g/mol. The molecule has 0 aromatic carbocycles. The van der Waals surface area contributed by atoms with Crippen molar-refractivity contribution in [2.75, 3.05) is 11.5 Å². The molecule has 1 aliphatic heterocycles. The molecule has 0 bridgehead atoms. The molecule has 1 heterocycles. The molecule has 1 rings (SSSR count). The van der Waals surface area contributed by atoms with Gasteiger partial charge in [0.25, 0.3) is 0 Å². The topological polar surface area (TPSA) is 23.8 Å². The summed E-state index contributed by atoms with van der Waals surface area (Å²) in [7, 11) is 0. The molecule has 10 heavy (non-hydrogen) atoms. The first-order valence-corrected chi connectivity index (χ1v) is 4.59. The number of hydrogen-bond acceptors (Lipinski definition) is 2. The lowest BCUT2D eigenvalue weighted by Gasteiger charge is -2.22. The van der Waals surface area contributed by atoms with Crippen molar-refractivity contribution < 1.29 is 4.39 Å². The number of alkyl halides is 1. The van der Waals surface area contributed by atoms with Crippen LogP contribution < -0.4 is 0 Å². The summed E-state index contributed by atoms with van der Waals surface area (Å²) in [5.74, 6) is 1.75. The zero-order valence-corrected chi connectivity index (χ0v) is 6.53. The molecule has 1 fully saturated rings.